The largest absolute Gasteiger partial charge is 0.373 e. The molecule has 1 aromatic heterocycles. The zero-order chi connectivity index (χ0) is 11.8. The fraction of sp³-hybridized carbons (Fsp3) is 0.692. The molecular weight excluding hydrogens is 198 g/mol. The summed E-state index contributed by atoms with van der Waals surface area (Å²) in [5, 5.41) is 3.13. The number of hydrogen-bond donors (Lipinski definition) is 1. The molecule has 0 saturated heterocycles. The average Bonchev–Trinajstić information content (AvgIpc) is 2.13. The smallest absolute Gasteiger partial charge is 0.134 e. The minimum atomic E-state index is 0.0903. The van der Waals surface area contributed by atoms with Crippen molar-refractivity contribution in [1.82, 2.24) is 9.97 Å². The standard InChI is InChI=1S/C13H21N3/c1-13(2,3)10-8-11(14-4)16-12(15-10)9-6-5-7-9/h8-9H,5-7H2,1-4H3,(H,14,15,16). The van der Waals surface area contributed by atoms with Gasteiger partial charge in [-0.15, -0.1) is 0 Å². The summed E-state index contributed by atoms with van der Waals surface area (Å²) in [6, 6.07) is 2.06. The fourth-order valence-corrected chi connectivity index (χ4v) is 1.83. The summed E-state index contributed by atoms with van der Waals surface area (Å²) < 4.78 is 0. The van der Waals surface area contributed by atoms with Crippen molar-refractivity contribution in [2.45, 2.75) is 51.4 Å². The first-order chi connectivity index (χ1) is 7.50. The highest BCUT2D eigenvalue weighted by atomic mass is 15.0. The highest BCUT2D eigenvalue weighted by Crippen LogP contribution is 2.35. The third-order valence-electron chi connectivity index (χ3n) is 3.24. The molecule has 0 radical (unpaired) electrons. The molecule has 1 fully saturated rings. The van der Waals surface area contributed by atoms with E-state index >= 15 is 0 Å². The van der Waals surface area contributed by atoms with E-state index in [4.69, 9.17) is 4.98 Å². The topological polar surface area (TPSA) is 37.8 Å². The van der Waals surface area contributed by atoms with Crippen molar-refractivity contribution in [3.05, 3.63) is 17.6 Å². The van der Waals surface area contributed by atoms with Crippen molar-refractivity contribution in [1.29, 1.82) is 0 Å². The number of nitrogens with one attached hydrogen (secondary N) is 1. The molecule has 16 heavy (non-hydrogen) atoms. The van der Waals surface area contributed by atoms with Crippen LogP contribution < -0.4 is 5.32 Å². The molecule has 0 spiro atoms. The molecule has 0 bridgehead atoms. The quantitative estimate of drug-likeness (QED) is 0.830. The first-order valence-electron chi connectivity index (χ1n) is 6.08. The molecule has 0 aromatic carbocycles. The van der Waals surface area contributed by atoms with Crippen LogP contribution in [-0.2, 0) is 5.41 Å². The van der Waals surface area contributed by atoms with E-state index in [9.17, 15) is 0 Å². The summed E-state index contributed by atoms with van der Waals surface area (Å²) >= 11 is 0. The summed E-state index contributed by atoms with van der Waals surface area (Å²) in [4.78, 5) is 9.29. The molecule has 2 rings (SSSR count). The summed E-state index contributed by atoms with van der Waals surface area (Å²) in [6.45, 7) is 6.58. The SMILES string of the molecule is CNc1cc(C(C)(C)C)nc(C2CCC2)n1. The van der Waals surface area contributed by atoms with Gasteiger partial charge in [0.1, 0.15) is 11.6 Å². The molecule has 3 nitrogen and oxygen atoms in total. The maximum absolute atomic E-state index is 4.72. The zero-order valence-electron chi connectivity index (χ0n) is 10.7. The van der Waals surface area contributed by atoms with E-state index in [0.717, 1.165) is 17.3 Å². The van der Waals surface area contributed by atoms with E-state index in [1.807, 2.05) is 7.05 Å². The molecule has 0 atom stereocenters. The van der Waals surface area contributed by atoms with Gasteiger partial charge in [-0.1, -0.05) is 27.2 Å². The van der Waals surface area contributed by atoms with Gasteiger partial charge < -0.3 is 5.32 Å². The lowest BCUT2D eigenvalue weighted by Crippen LogP contribution is -2.20. The number of rotatable bonds is 2. The average molecular weight is 219 g/mol. The van der Waals surface area contributed by atoms with Gasteiger partial charge >= 0.3 is 0 Å². The zero-order valence-corrected chi connectivity index (χ0v) is 10.7. The van der Waals surface area contributed by atoms with E-state index in [1.54, 1.807) is 0 Å². The predicted molar refractivity (Wildman–Crippen MR) is 66.9 cm³/mol. The normalized spacial score (nSPS) is 17.0. The highest BCUT2D eigenvalue weighted by molar-refractivity contribution is 5.37. The van der Waals surface area contributed by atoms with E-state index in [2.05, 4.69) is 37.1 Å². The Morgan fingerprint density at radius 1 is 1.25 bits per heavy atom. The molecule has 1 N–H and O–H groups in total. The molecule has 1 saturated carbocycles. The van der Waals surface area contributed by atoms with Crippen molar-refractivity contribution in [3.8, 4) is 0 Å². The lowest BCUT2D eigenvalue weighted by atomic mass is 9.84. The molecule has 1 aromatic rings. The van der Waals surface area contributed by atoms with Gasteiger partial charge in [0.05, 0.1) is 5.69 Å². The Bertz CT molecular complexity index is 375. The van der Waals surface area contributed by atoms with Gasteiger partial charge in [0.15, 0.2) is 0 Å². The first-order valence-corrected chi connectivity index (χ1v) is 6.08. The minimum Gasteiger partial charge on any atom is -0.373 e. The molecule has 0 amide bonds. The van der Waals surface area contributed by atoms with Crippen LogP contribution in [0.3, 0.4) is 0 Å². The third kappa shape index (κ3) is 2.18. The van der Waals surface area contributed by atoms with E-state index in [1.165, 1.54) is 19.3 Å². The molecule has 0 aliphatic heterocycles. The van der Waals surface area contributed by atoms with Crippen LogP contribution in [0, 0.1) is 0 Å². The van der Waals surface area contributed by atoms with Crippen LogP contribution in [0.1, 0.15) is 57.5 Å². The molecule has 3 heteroatoms. The Morgan fingerprint density at radius 2 is 1.94 bits per heavy atom. The molecule has 1 aliphatic carbocycles. The lowest BCUT2D eigenvalue weighted by molar-refractivity contribution is 0.398. The van der Waals surface area contributed by atoms with Gasteiger partial charge in [0, 0.05) is 24.4 Å². The number of hydrogen-bond acceptors (Lipinski definition) is 3. The number of anilines is 1. The van der Waals surface area contributed by atoms with Gasteiger partial charge in [-0.25, -0.2) is 9.97 Å². The van der Waals surface area contributed by atoms with Crippen LogP contribution in [0.2, 0.25) is 0 Å². The summed E-state index contributed by atoms with van der Waals surface area (Å²) in [6.07, 6.45) is 3.82. The lowest BCUT2D eigenvalue weighted by Gasteiger charge is -2.26. The van der Waals surface area contributed by atoms with Crippen molar-refractivity contribution in [2.24, 2.45) is 0 Å². The van der Waals surface area contributed by atoms with Crippen LogP contribution in [0.15, 0.2) is 6.07 Å². The summed E-state index contributed by atoms with van der Waals surface area (Å²) in [5.74, 6) is 2.57. The van der Waals surface area contributed by atoms with E-state index < -0.39 is 0 Å². The number of nitrogens with zero attached hydrogens (tertiary/aromatic N) is 2. The maximum atomic E-state index is 4.72. The van der Waals surface area contributed by atoms with Crippen molar-refractivity contribution in [2.75, 3.05) is 12.4 Å². The molecule has 1 aliphatic rings. The molecular formula is C13H21N3. The van der Waals surface area contributed by atoms with Crippen LogP contribution >= 0.6 is 0 Å². The Morgan fingerprint density at radius 3 is 2.38 bits per heavy atom. The third-order valence-corrected chi connectivity index (χ3v) is 3.24. The summed E-state index contributed by atoms with van der Waals surface area (Å²) in [7, 11) is 1.92. The van der Waals surface area contributed by atoms with Crippen molar-refractivity contribution < 1.29 is 0 Å². The Kier molecular flexibility index (Phi) is 2.87. The first kappa shape index (κ1) is 11.4. The summed E-state index contributed by atoms with van der Waals surface area (Å²) in [5.41, 5.74) is 1.22. The van der Waals surface area contributed by atoms with Crippen LogP contribution in [0.25, 0.3) is 0 Å². The Labute approximate surface area is 97.7 Å². The van der Waals surface area contributed by atoms with E-state index in [0.29, 0.717) is 5.92 Å². The second-order valence-electron chi connectivity index (χ2n) is 5.62. The van der Waals surface area contributed by atoms with Gasteiger partial charge in [0.2, 0.25) is 0 Å². The molecule has 88 valence electrons. The van der Waals surface area contributed by atoms with Crippen molar-refractivity contribution in [3.63, 3.8) is 0 Å². The van der Waals surface area contributed by atoms with Gasteiger partial charge in [-0.3, -0.25) is 0 Å². The fourth-order valence-electron chi connectivity index (χ4n) is 1.83. The van der Waals surface area contributed by atoms with Crippen molar-refractivity contribution >= 4 is 5.82 Å². The second-order valence-corrected chi connectivity index (χ2v) is 5.62. The van der Waals surface area contributed by atoms with Crippen LogP contribution in [0.4, 0.5) is 5.82 Å². The minimum absolute atomic E-state index is 0.0903. The second kappa shape index (κ2) is 4.04. The van der Waals surface area contributed by atoms with Gasteiger partial charge in [-0.05, 0) is 12.8 Å². The highest BCUT2D eigenvalue weighted by Gasteiger charge is 2.25. The predicted octanol–water partition coefficient (Wildman–Crippen LogP) is 3.08. The van der Waals surface area contributed by atoms with Crippen LogP contribution in [0.5, 0.6) is 0 Å². The molecule has 0 unspecified atom stereocenters. The Balaban J connectivity index is 2.38. The van der Waals surface area contributed by atoms with Crippen LogP contribution in [-0.4, -0.2) is 17.0 Å². The monoisotopic (exact) mass is 219 g/mol. The molecule has 1 heterocycles. The Hall–Kier alpha value is -1.12. The van der Waals surface area contributed by atoms with Gasteiger partial charge in [0.25, 0.3) is 0 Å². The number of aromatic nitrogens is 2. The van der Waals surface area contributed by atoms with Gasteiger partial charge in [-0.2, -0.15) is 0 Å². The van der Waals surface area contributed by atoms with E-state index in [-0.39, 0.29) is 5.41 Å². The maximum Gasteiger partial charge on any atom is 0.134 e.